The fourth-order valence-corrected chi connectivity index (χ4v) is 2.05. The van der Waals surface area contributed by atoms with Crippen LogP contribution in [0, 0.1) is 5.92 Å². The van der Waals surface area contributed by atoms with Crippen LogP contribution in [-0.4, -0.2) is 29.7 Å². The number of alkyl halides is 3. The van der Waals surface area contributed by atoms with Gasteiger partial charge in [0.25, 0.3) is 0 Å². The van der Waals surface area contributed by atoms with Crippen molar-refractivity contribution in [1.82, 2.24) is 4.90 Å². The molecule has 19 heavy (non-hydrogen) atoms. The maximum atomic E-state index is 12.7. The average Bonchev–Trinajstić information content (AvgIpc) is 2.27. The first-order chi connectivity index (χ1) is 8.71. The molecular formula is C12H14ClF3N2S. The predicted molar refractivity (Wildman–Crippen MR) is 74.1 cm³/mol. The van der Waals surface area contributed by atoms with Gasteiger partial charge in [-0.3, -0.25) is 0 Å². The van der Waals surface area contributed by atoms with Gasteiger partial charge in [-0.25, -0.2) is 0 Å². The fourth-order valence-electron chi connectivity index (χ4n) is 1.65. The zero-order valence-corrected chi connectivity index (χ0v) is 11.8. The number of thiocarbonyl (C=S) groups is 1. The Labute approximate surface area is 120 Å². The number of benzene rings is 1. The quantitative estimate of drug-likeness (QED) is 0.847. The number of halogens is 4. The van der Waals surface area contributed by atoms with E-state index in [0.717, 1.165) is 5.56 Å². The molecule has 0 aromatic heterocycles. The highest BCUT2D eigenvalue weighted by Gasteiger charge is 2.42. The molecule has 2 N–H and O–H groups in total. The predicted octanol–water partition coefficient (Wildman–Crippen LogP) is 3.24. The van der Waals surface area contributed by atoms with Crippen LogP contribution >= 0.6 is 23.8 Å². The van der Waals surface area contributed by atoms with Gasteiger partial charge >= 0.3 is 6.18 Å². The van der Waals surface area contributed by atoms with Crippen molar-refractivity contribution in [3.8, 4) is 0 Å². The summed E-state index contributed by atoms with van der Waals surface area (Å²) >= 11 is 10.4. The van der Waals surface area contributed by atoms with E-state index in [1.54, 1.807) is 31.3 Å². The van der Waals surface area contributed by atoms with Gasteiger partial charge in [0.15, 0.2) is 0 Å². The molecule has 1 unspecified atom stereocenters. The number of hydrogen-bond donors (Lipinski definition) is 1. The Morgan fingerprint density at radius 3 is 2.47 bits per heavy atom. The van der Waals surface area contributed by atoms with Gasteiger partial charge in [0.05, 0.1) is 4.99 Å². The van der Waals surface area contributed by atoms with Gasteiger partial charge in [-0.05, 0) is 18.7 Å². The van der Waals surface area contributed by atoms with E-state index < -0.39 is 17.1 Å². The molecule has 2 nitrogen and oxygen atoms in total. The van der Waals surface area contributed by atoms with Crippen LogP contribution in [0.25, 0.3) is 0 Å². The van der Waals surface area contributed by atoms with Gasteiger partial charge in [-0.2, -0.15) is 13.2 Å². The Morgan fingerprint density at radius 2 is 2.00 bits per heavy atom. The number of nitrogens with zero attached hydrogens (tertiary/aromatic N) is 1. The highest BCUT2D eigenvalue weighted by Crippen LogP contribution is 2.27. The SMILES string of the molecule is CN(Cc1ccccc1Cl)CC(C(N)=S)C(F)(F)F. The van der Waals surface area contributed by atoms with E-state index in [2.05, 4.69) is 12.2 Å². The minimum absolute atomic E-state index is 0.288. The molecule has 0 saturated carbocycles. The lowest BCUT2D eigenvalue weighted by molar-refractivity contribution is -0.158. The van der Waals surface area contributed by atoms with E-state index in [9.17, 15) is 13.2 Å². The van der Waals surface area contributed by atoms with Crippen molar-refractivity contribution in [3.05, 3.63) is 34.9 Å². The van der Waals surface area contributed by atoms with Crippen molar-refractivity contribution in [3.63, 3.8) is 0 Å². The lowest BCUT2D eigenvalue weighted by Crippen LogP contribution is -2.42. The summed E-state index contributed by atoms with van der Waals surface area (Å²) in [4.78, 5) is 0.955. The Morgan fingerprint density at radius 1 is 1.42 bits per heavy atom. The summed E-state index contributed by atoms with van der Waals surface area (Å²) in [6.45, 7) is 0.0128. The first-order valence-corrected chi connectivity index (χ1v) is 6.28. The van der Waals surface area contributed by atoms with Gasteiger partial charge in [0.1, 0.15) is 5.92 Å². The molecule has 0 saturated heterocycles. The summed E-state index contributed by atoms with van der Waals surface area (Å²) in [5.74, 6) is -1.81. The van der Waals surface area contributed by atoms with E-state index in [-0.39, 0.29) is 6.54 Å². The molecule has 106 valence electrons. The Hall–Kier alpha value is -0.850. The van der Waals surface area contributed by atoms with E-state index in [4.69, 9.17) is 17.3 Å². The Kier molecular flexibility index (Phi) is 5.58. The van der Waals surface area contributed by atoms with Crippen LogP contribution in [0.4, 0.5) is 13.2 Å². The van der Waals surface area contributed by atoms with Crippen LogP contribution in [0.15, 0.2) is 24.3 Å². The molecule has 0 aliphatic rings. The smallest absolute Gasteiger partial charge is 0.393 e. The molecule has 0 bridgehead atoms. The summed E-state index contributed by atoms with van der Waals surface area (Å²) < 4.78 is 38.2. The summed E-state index contributed by atoms with van der Waals surface area (Å²) in [6, 6.07) is 7.00. The monoisotopic (exact) mass is 310 g/mol. The van der Waals surface area contributed by atoms with Crippen LogP contribution in [0.5, 0.6) is 0 Å². The second-order valence-electron chi connectivity index (χ2n) is 4.28. The number of nitrogens with two attached hydrogens (primary N) is 1. The molecule has 0 amide bonds. The zero-order valence-electron chi connectivity index (χ0n) is 10.2. The molecule has 0 aliphatic carbocycles. The average molecular weight is 311 g/mol. The number of rotatable bonds is 5. The molecule has 0 spiro atoms. The van der Waals surface area contributed by atoms with Crippen molar-refractivity contribution in [2.75, 3.05) is 13.6 Å². The summed E-state index contributed by atoms with van der Waals surface area (Å²) in [7, 11) is 1.57. The molecule has 1 aromatic rings. The molecule has 0 aliphatic heterocycles. The van der Waals surface area contributed by atoms with Crippen molar-refractivity contribution in [2.24, 2.45) is 11.7 Å². The van der Waals surface area contributed by atoms with Gasteiger partial charge in [-0.1, -0.05) is 42.0 Å². The van der Waals surface area contributed by atoms with Crippen molar-refractivity contribution in [2.45, 2.75) is 12.7 Å². The highest BCUT2D eigenvalue weighted by atomic mass is 35.5. The Bertz CT molecular complexity index is 451. The van der Waals surface area contributed by atoms with Crippen LogP contribution in [0.3, 0.4) is 0 Å². The van der Waals surface area contributed by atoms with Gasteiger partial charge in [0.2, 0.25) is 0 Å². The third-order valence-corrected chi connectivity index (χ3v) is 3.28. The van der Waals surface area contributed by atoms with Crippen molar-refractivity contribution < 1.29 is 13.2 Å². The van der Waals surface area contributed by atoms with E-state index in [0.29, 0.717) is 11.6 Å². The maximum Gasteiger partial charge on any atom is 0.399 e. The standard InChI is InChI=1S/C12H14ClF3N2S/c1-18(6-8-4-2-3-5-10(8)13)7-9(11(17)19)12(14,15)16/h2-5,9H,6-7H2,1H3,(H2,17,19). The van der Waals surface area contributed by atoms with Crippen LogP contribution in [-0.2, 0) is 6.54 Å². The van der Waals surface area contributed by atoms with Gasteiger partial charge in [0, 0.05) is 18.1 Å². The van der Waals surface area contributed by atoms with Crippen LogP contribution < -0.4 is 5.73 Å². The Balaban J connectivity index is 2.71. The molecule has 1 aromatic carbocycles. The zero-order chi connectivity index (χ0) is 14.6. The third-order valence-electron chi connectivity index (χ3n) is 2.63. The normalized spacial score (nSPS) is 13.6. The first kappa shape index (κ1) is 16.2. The third kappa shape index (κ3) is 4.97. The first-order valence-electron chi connectivity index (χ1n) is 5.49. The highest BCUT2D eigenvalue weighted by molar-refractivity contribution is 7.80. The molecule has 7 heteroatoms. The minimum Gasteiger partial charge on any atom is -0.393 e. The fraction of sp³-hybridized carbons (Fsp3) is 0.417. The second kappa shape index (κ2) is 6.54. The maximum absolute atomic E-state index is 12.7. The van der Waals surface area contributed by atoms with E-state index >= 15 is 0 Å². The molecular weight excluding hydrogens is 297 g/mol. The molecule has 0 fully saturated rings. The second-order valence-corrected chi connectivity index (χ2v) is 5.16. The largest absolute Gasteiger partial charge is 0.399 e. The summed E-state index contributed by atoms with van der Waals surface area (Å²) in [5, 5.41) is 0.522. The lowest BCUT2D eigenvalue weighted by atomic mass is 10.1. The van der Waals surface area contributed by atoms with Crippen molar-refractivity contribution >= 4 is 28.8 Å². The lowest BCUT2D eigenvalue weighted by Gasteiger charge is -2.25. The minimum atomic E-state index is -4.43. The molecule has 1 atom stereocenters. The molecule has 1 rings (SSSR count). The van der Waals surface area contributed by atoms with Crippen molar-refractivity contribution in [1.29, 1.82) is 0 Å². The number of hydrogen-bond acceptors (Lipinski definition) is 2. The van der Waals surface area contributed by atoms with Gasteiger partial charge in [-0.15, -0.1) is 0 Å². The van der Waals surface area contributed by atoms with E-state index in [1.165, 1.54) is 4.90 Å². The molecule has 0 heterocycles. The van der Waals surface area contributed by atoms with E-state index in [1.807, 2.05) is 0 Å². The molecule has 0 radical (unpaired) electrons. The van der Waals surface area contributed by atoms with Crippen LogP contribution in [0.1, 0.15) is 5.56 Å². The topological polar surface area (TPSA) is 29.3 Å². The summed E-state index contributed by atoms with van der Waals surface area (Å²) in [5.41, 5.74) is 5.91. The van der Waals surface area contributed by atoms with Gasteiger partial charge < -0.3 is 10.6 Å². The van der Waals surface area contributed by atoms with Crippen LogP contribution in [0.2, 0.25) is 5.02 Å². The summed E-state index contributed by atoms with van der Waals surface area (Å²) in [6.07, 6.45) is -4.43.